The number of benzene rings is 1. The average molecular weight is 270 g/mol. The molecule has 0 saturated heterocycles. The van der Waals surface area contributed by atoms with Crippen molar-refractivity contribution in [3.05, 3.63) is 47.8 Å². The van der Waals surface area contributed by atoms with Crippen LogP contribution in [-0.4, -0.2) is 18.7 Å². The molecule has 0 bridgehead atoms. The number of hydrogen-bond acceptors (Lipinski definition) is 4. The molecule has 1 atom stereocenters. The third kappa shape index (κ3) is 2.41. The van der Waals surface area contributed by atoms with E-state index >= 15 is 0 Å². The highest BCUT2D eigenvalue weighted by molar-refractivity contribution is 5.48. The highest BCUT2D eigenvalue weighted by atomic mass is 16.5. The predicted octanol–water partition coefficient (Wildman–Crippen LogP) is 2.47. The molecule has 20 heavy (non-hydrogen) atoms. The van der Waals surface area contributed by atoms with Gasteiger partial charge in [-0.1, -0.05) is 12.1 Å². The van der Waals surface area contributed by atoms with Crippen LogP contribution < -0.4 is 15.2 Å². The van der Waals surface area contributed by atoms with Crippen molar-refractivity contribution in [3.8, 4) is 11.5 Å². The number of anilines is 1. The van der Waals surface area contributed by atoms with Crippen molar-refractivity contribution in [3.63, 3.8) is 0 Å². The van der Waals surface area contributed by atoms with Gasteiger partial charge in [-0.05, 0) is 36.1 Å². The number of rotatable bonds is 3. The number of ether oxygens (including phenoxy) is 2. The summed E-state index contributed by atoms with van der Waals surface area (Å²) >= 11 is 0. The Morgan fingerprint density at radius 1 is 1.40 bits per heavy atom. The van der Waals surface area contributed by atoms with Crippen LogP contribution in [0.3, 0.4) is 0 Å². The Bertz CT molecular complexity index is 613. The van der Waals surface area contributed by atoms with Crippen molar-refractivity contribution in [2.45, 2.75) is 12.8 Å². The molecule has 2 N–H and O–H groups in total. The van der Waals surface area contributed by atoms with Crippen molar-refractivity contribution in [1.29, 1.82) is 0 Å². The molecule has 1 aliphatic heterocycles. The molecule has 2 aromatic rings. The van der Waals surface area contributed by atoms with E-state index in [1.54, 1.807) is 13.3 Å². The van der Waals surface area contributed by atoms with Gasteiger partial charge < -0.3 is 15.2 Å². The molecule has 0 amide bonds. The van der Waals surface area contributed by atoms with Gasteiger partial charge in [0.1, 0.15) is 0 Å². The molecular weight excluding hydrogens is 252 g/mol. The van der Waals surface area contributed by atoms with E-state index in [9.17, 15) is 0 Å². The molecule has 1 aromatic carbocycles. The van der Waals surface area contributed by atoms with Gasteiger partial charge in [-0.25, -0.2) is 0 Å². The highest BCUT2D eigenvalue weighted by Gasteiger charge is 2.23. The smallest absolute Gasteiger partial charge is 0.164 e. The maximum absolute atomic E-state index is 5.98. The van der Waals surface area contributed by atoms with Crippen molar-refractivity contribution >= 4 is 5.69 Å². The summed E-state index contributed by atoms with van der Waals surface area (Å²) in [6, 6.07) is 7.87. The summed E-state index contributed by atoms with van der Waals surface area (Å²) in [5.74, 6) is 2.10. The van der Waals surface area contributed by atoms with Gasteiger partial charge in [0.05, 0.1) is 13.7 Å². The SMILES string of the molecule is COc1cccc2c1OCC(Cc1cnccc1N)C2. The van der Waals surface area contributed by atoms with Gasteiger partial charge in [0.25, 0.3) is 0 Å². The second-order valence-electron chi connectivity index (χ2n) is 5.11. The quantitative estimate of drug-likeness (QED) is 0.930. The summed E-state index contributed by atoms with van der Waals surface area (Å²) in [6.07, 6.45) is 5.42. The van der Waals surface area contributed by atoms with Crippen LogP contribution in [0.5, 0.6) is 11.5 Å². The standard InChI is InChI=1S/C16H18N2O2/c1-19-15-4-2-3-12-7-11(10-20-16(12)15)8-13-9-18-6-5-14(13)17/h2-6,9,11H,7-8,10H2,1H3,(H2,17,18). The van der Waals surface area contributed by atoms with Crippen molar-refractivity contribution < 1.29 is 9.47 Å². The van der Waals surface area contributed by atoms with Crippen molar-refractivity contribution in [2.75, 3.05) is 19.5 Å². The number of pyridine rings is 1. The molecule has 1 aromatic heterocycles. The molecule has 2 heterocycles. The normalized spacial score (nSPS) is 17.1. The Balaban J connectivity index is 1.78. The number of nitrogens with zero attached hydrogens (tertiary/aromatic N) is 1. The number of nitrogens with two attached hydrogens (primary N) is 1. The van der Waals surface area contributed by atoms with Crippen LogP contribution in [0.2, 0.25) is 0 Å². The number of fused-ring (bicyclic) bond motifs is 1. The fourth-order valence-electron chi connectivity index (χ4n) is 2.67. The first kappa shape index (κ1) is 12.8. The molecule has 1 unspecified atom stereocenters. The lowest BCUT2D eigenvalue weighted by molar-refractivity contribution is 0.211. The lowest BCUT2D eigenvalue weighted by Gasteiger charge is -2.26. The van der Waals surface area contributed by atoms with Crippen LogP contribution in [0, 0.1) is 5.92 Å². The maximum atomic E-state index is 5.98. The summed E-state index contributed by atoms with van der Waals surface area (Å²) < 4.78 is 11.2. The van der Waals surface area contributed by atoms with Crippen LogP contribution in [0.1, 0.15) is 11.1 Å². The van der Waals surface area contributed by atoms with E-state index in [0.29, 0.717) is 12.5 Å². The summed E-state index contributed by atoms with van der Waals surface area (Å²) in [6.45, 7) is 0.682. The zero-order valence-electron chi connectivity index (χ0n) is 11.5. The number of methoxy groups -OCH3 is 1. The topological polar surface area (TPSA) is 57.4 Å². The summed E-state index contributed by atoms with van der Waals surface area (Å²) in [4.78, 5) is 4.14. The minimum absolute atomic E-state index is 0.418. The molecule has 0 spiro atoms. The van der Waals surface area contributed by atoms with E-state index in [-0.39, 0.29) is 0 Å². The molecule has 0 saturated carbocycles. The third-order valence-corrected chi connectivity index (χ3v) is 3.70. The van der Waals surface area contributed by atoms with Crippen LogP contribution in [-0.2, 0) is 12.8 Å². The Labute approximate surface area is 118 Å². The number of hydrogen-bond donors (Lipinski definition) is 1. The fraction of sp³-hybridized carbons (Fsp3) is 0.312. The second kappa shape index (κ2) is 5.41. The van der Waals surface area contributed by atoms with Gasteiger partial charge >= 0.3 is 0 Å². The van der Waals surface area contributed by atoms with E-state index < -0.39 is 0 Å². The molecule has 4 nitrogen and oxygen atoms in total. The fourth-order valence-corrected chi connectivity index (χ4v) is 2.67. The van der Waals surface area contributed by atoms with Crippen molar-refractivity contribution in [1.82, 2.24) is 4.98 Å². The van der Waals surface area contributed by atoms with Crippen LogP contribution in [0.15, 0.2) is 36.7 Å². The summed E-state index contributed by atoms with van der Waals surface area (Å²) in [5, 5.41) is 0. The Morgan fingerprint density at radius 3 is 3.10 bits per heavy atom. The lowest BCUT2D eigenvalue weighted by atomic mass is 9.91. The van der Waals surface area contributed by atoms with E-state index in [1.807, 2.05) is 24.4 Å². The third-order valence-electron chi connectivity index (χ3n) is 3.70. The molecule has 0 aliphatic carbocycles. The zero-order chi connectivity index (χ0) is 13.9. The number of aromatic nitrogens is 1. The molecule has 0 fully saturated rings. The van der Waals surface area contributed by atoms with Crippen LogP contribution >= 0.6 is 0 Å². The monoisotopic (exact) mass is 270 g/mol. The largest absolute Gasteiger partial charge is 0.493 e. The Morgan fingerprint density at radius 2 is 2.30 bits per heavy atom. The van der Waals surface area contributed by atoms with Gasteiger partial charge in [0, 0.05) is 24.0 Å². The van der Waals surface area contributed by atoms with Gasteiger partial charge in [0.15, 0.2) is 11.5 Å². The molecule has 1 aliphatic rings. The van der Waals surface area contributed by atoms with Crippen LogP contribution in [0.4, 0.5) is 5.69 Å². The molecule has 0 radical (unpaired) electrons. The van der Waals surface area contributed by atoms with Gasteiger partial charge in [-0.2, -0.15) is 0 Å². The first-order chi connectivity index (χ1) is 9.78. The Hall–Kier alpha value is -2.23. The summed E-state index contributed by atoms with van der Waals surface area (Å²) in [7, 11) is 1.67. The second-order valence-corrected chi connectivity index (χ2v) is 5.11. The first-order valence-electron chi connectivity index (χ1n) is 6.75. The lowest BCUT2D eigenvalue weighted by Crippen LogP contribution is -2.23. The molecule has 104 valence electrons. The average Bonchev–Trinajstić information content (AvgIpc) is 2.49. The van der Waals surface area contributed by atoms with Gasteiger partial charge in [-0.3, -0.25) is 4.98 Å². The highest BCUT2D eigenvalue weighted by Crippen LogP contribution is 2.36. The molecule has 3 rings (SSSR count). The maximum Gasteiger partial charge on any atom is 0.164 e. The van der Waals surface area contributed by atoms with Gasteiger partial charge in [-0.15, -0.1) is 0 Å². The minimum atomic E-state index is 0.418. The number of para-hydroxylation sites is 1. The number of nitrogen functional groups attached to an aromatic ring is 1. The van der Waals surface area contributed by atoms with E-state index in [0.717, 1.165) is 35.6 Å². The predicted molar refractivity (Wildman–Crippen MR) is 78.0 cm³/mol. The molecular formula is C16H18N2O2. The van der Waals surface area contributed by atoms with Gasteiger partial charge in [0.2, 0.25) is 0 Å². The van der Waals surface area contributed by atoms with E-state index in [2.05, 4.69) is 11.1 Å². The van der Waals surface area contributed by atoms with E-state index in [1.165, 1.54) is 5.56 Å². The van der Waals surface area contributed by atoms with Crippen molar-refractivity contribution in [2.24, 2.45) is 5.92 Å². The van der Waals surface area contributed by atoms with E-state index in [4.69, 9.17) is 15.2 Å². The minimum Gasteiger partial charge on any atom is -0.493 e. The Kier molecular flexibility index (Phi) is 3.46. The summed E-state index contributed by atoms with van der Waals surface area (Å²) in [5.41, 5.74) is 9.07. The first-order valence-corrected chi connectivity index (χ1v) is 6.75. The van der Waals surface area contributed by atoms with Crippen LogP contribution in [0.25, 0.3) is 0 Å². The zero-order valence-corrected chi connectivity index (χ0v) is 11.5. The molecule has 4 heteroatoms.